The van der Waals surface area contributed by atoms with Gasteiger partial charge >= 0.3 is 0 Å². The molecule has 1 aliphatic carbocycles. The molecule has 0 radical (unpaired) electrons. The summed E-state index contributed by atoms with van der Waals surface area (Å²) in [6.45, 7) is 1.29. The highest BCUT2D eigenvalue weighted by atomic mass is 32.2. The average molecular weight is 281 g/mol. The van der Waals surface area contributed by atoms with Crippen LogP contribution in [0.4, 0.5) is 0 Å². The highest BCUT2D eigenvalue weighted by molar-refractivity contribution is 7.99. The molecule has 0 spiro atoms. The molecule has 19 heavy (non-hydrogen) atoms. The fraction of sp³-hybridized carbons (Fsp3) is 0.600. The molecule has 1 atom stereocenters. The SMILES string of the molecule is OCCCSCCNC1CCCc2cc(O)ccc21. The van der Waals surface area contributed by atoms with Gasteiger partial charge in [-0.05, 0) is 54.7 Å². The number of rotatable bonds is 7. The first-order valence-electron chi connectivity index (χ1n) is 7.05. The summed E-state index contributed by atoms with van der Waals surface area (Å²) in [5.74, 6) is 2.50. The second kappa shape index (κ2) is 7.78. The van der Waals surface area contributed by atoms with Crippen molar-refractivity contribution < 1.29 is 10.2 Å². The molecule has 1 aliphatic rings. The van der Waals surface area contributed by atoms with Crippen LogP contribution in [0.1, 0.15) is 36.4 Å². The zero-order valence-electron chi connectivity index (χ0n) is 11.3. The van der Waals surface area contributed by atoms with Gasteiger partial charge in [-0.15, -0.1) is 0 Å². The lowest BCUT2D eigenvalue weighted by atomic mass is 9.87. The van der Waals surface area contributed by atoms with Crippen LogP contribution in [0.25, 0.3) is 0 Å². The van der Waals surface area contributed by atoms with E-state index in [1.54, 1.807) is 6.07 Å². The first-order chi connectivity index (χ1) is 9.31. The molecule has 0 fully saturated rings. The van der Waals surface area contributed by atoms with E-state index in [9.17, 15) is 5.11 Å². The first kappa shape index (κ1) is 14.7. The van der Waals surface area contributed by atoms with Crippen LogP contribution < -0.4 is 5.32 Å². The second-order valence-electron chi connectivity index (χ2n) is 4.97. The zero-order chi connectivity index (χ0) is 13.5. The molecule has 0 aromatic heterocycles. The van der Waals surface area contributed by atoms with Gasteiger partial charge in [0.2, 0.25) is 0 Å². The van der Waals surface area contributed by atoms with Crippen molar-refractivity contribution in [3.63, 3.8) is 0 Å². The van der Waals surface area contributed by atoms with Gasteiger partial charge in [0.1, 0.15) is 5.75 Å². The van der Waals surface area contributed by atoms with Crippen LogP contribution in [0, 0.1) is 0 Å². The maximum absolute atomic E-state index is 9.53. The lowest BCUT2D eigenvalue weighted by Crippen LogP contribution is -2.27. The largest absolute Gasteiger partial charge is 0.508 e. The number of hydrogen-bond donors (Lipinski definition) is 3. The molecular formula is C15H23NO2S. The fourth-order valence-electron chi connectivity index (χ4n) is 2.59. The highest BCUT2D eigenvalue weighted by Gasteiger charge is 2.19. The number of aliphatic hydroxyl groups excluding tert-OH is 1. The average Bonchev–Trinajstić information content (AvgIpc) is 2.42. The third kappa shape index (κ3) is 4.41. The van der Waals surface area contributed by atoms with Crippen LogP contribution in [0.3, 0.4) is 0 Å². The van der Waals surface area contributed by atoms with E-state index in [0.29, 0.717) is 18.4 Å². The Hall–Kier alpha value is -0.710. The van der Waals surface area contributed by atoms with Crippen molar-refractivity contribution >= 4 is 11.8 Å². The van der Waals surface area contributed by atoms with Crippen molar-refractivity contribution in [2.24, 2.45) is 0 Å². The number of aromatic hydroxyl groups is 1. The molecule has 1 aromatic carbocycles. The van der Waals surface area contributed by atoms with Crippen molar-refractivity contribution in [3.8, 4) is 5.75 Å². The molecule has 0 amide bonds. The number of benzene rings is 1. The minimum absolute atomic E-state index is 0.292. The molecule has 3 nitrogen and oxygen atoms in total. The van der Waals surface area contributed by atoms with E-state index in [2.05, 4.69) is 11.4 Å². The van der Waals surface area contributed by atoms with Crippen LogP contribution >= 0.6 is 11.8 Å². The molecule has 3 N–H and O–H groups in total. The molecular weight excluding hydrogens is 258 g/mol. The molecule has 1 unspecified atom stereocenters. The monoisotopic (exact) mass is 281 g/mol. The fourth-order valence-corrected chi connectivity index (χ4v) is 3.39. The Kier molecular flexibility index (Phi) is 6.01. The number of phenolic OH excluding ortho intramolecular Hbond substituents is 1. The number of fused-ring (bicyclic) bond motifs is 1. The molecule has 106 valence electrons. The topological polar surface area (TPSA) is 52.5 Å². The van der Waals surface area contributed by atoms with Gasteiger partial charge in [0, 0.05) is 24.9 Å². The third-order valence-corrected chi connectivity index (χ3v) is 4.59. The summed E-state index contributed by atoms with van der Waals surface area (Å²) < 4.78 is 0. The van der Waals surface area contributed by atoms with Gasteiger partial charge in [0.25, 0.3) is 0 Å². The van der Waals surface area contributed by atoms with Crippen LogP contribution in [-0.2, 0) is 6.42 Å². The van der Waals surface area contributed by atoms with E-state index >= 15 is 0 Å². The second-order valence-corrected chi connectivity index (χ2v) is 6.20. The predicted molar refractivity (Wildman–Crippen MR) is 80.8 cm³/mol. The summed E-state index contributed by atoms with van der Waals surface area (Å²) in [5, 5.41) is 21.8. The van der Waals surface area contributed by atoms with Gasteiger partial charge < -0.3 is 15.5 Å². The van der Waals surface area contributed by atoms with Crippen LogP contribution in [0.15, 0.2) is 18.2 Å². The normalized spacial score (nSPS) is 18.3. The number of phenols is 1. The summed E-state index contributed by atoms with van der Waals surface area (Å²) in [6, 6.07) is 6.18. The van der Waals surface area contributed by atoms with Crippen LogP contribution in [0.2, 0.25) is 0 Å². The van der Waals surface area contributed by atoms with Gasteiger partial charge in [0.15, 0.2) is 0 Å². The van der Waals surface area contributed by atoms with Gasteiger partial charge in [-0.1, -0.05) is 6.07 Å². The molecule has 0 heterocycles. The Morgan fingerprint density at radius 1 is 1.32 bits per heavy atom. The van der Waals surface area contributed by atoms with Gasteiger partial charge in [-0.3, -0.25) is 0 Å². The summed E-state index contributed by atoms with van der Waals surface area (Å²) in [4.78, 5) is 0. The molecule has 0 saturated carbocycles. The minimum atomic E-state index is 0.292. The molecule has 0 saturated heterocycles. The number of thioether (sulfide) groups is 1. The molecule has 1 aromatic rings. The Morgan fingerprint density at radius 3 is 3.05 bits per heavy atom. The summed E-state index contributed by atoms with van der Waals surface area (Å²) >= 11 is 1.89. The van der Waals surface area contributed by atoms with E-state index in [4.69, 9.17) is 5.11 Å². The number of nitrogens with one attached hydrogen (secondary N) is 1. The summed E-state index contributed by atoms with van der Waals surface area (Å²) in [6.07, 6.45) is 4.33. The lowest BCUT2D eigenvalue weighted by Gasteiger charge is -2.26. The maximum atomic E-state index is 9.53. The Balaban J connectivity index is 1.79. The maximum Gasteiger partial charge on any atom is 0.115 e. The molecule has 0 aliphatic heterocycles. The number of hydrogen-bond acceptors (Lipinski definition) is 4. The standard InChI is InChI=1S/C15H23NO2S/c17-8-2-9-19-10-7-16-15-4-1-3-12-11-13(18)5-6-14(12)15/h5-6,11,15-18H,1-4,7-10H2. The van der Waals surface area contributed by atoms with Gasteiger partial charge in [-0.25, -0.2) is 0 Å². The van der Waals surface area contributed by atoms with E-state index in [1.165, 1.54) is 24.0 Å². The van der Waals surface area contributed by atoms with E-state index in [1.807, 2.05) is 17.8 Å². The van der Waals surface area contributed by atoms with Gasteiger partial charge in [-0.2, -0.15) is 11.8 Å². The Labute approximate surface area is 119 Å². The predicted octanol–water partition coefficient (Wildman–Crippen LogP) is 2.47. The zero-order valence-corrected chi connectivity index (χ0v) is 12.1. The van der Waals surface area contributed by atoms with Crippen molar-refractivity contribution in [1.29, 1.82) is 0 Å². The van der Waals surface area contributed by atoms with Crippen molar-refractivity contribution in [1.82, 2.24) is 5.32 Å². The summed E-state index contributed by atoms with van der Waals surface area (Å²) in [7, 11) is 0. The smallest absolute Gasteiger partial charge is 0.115 e. The quantitative estimate of drug-likeness (QED) is 0.672. The van der Waals surface area contributed by atoms with Crippen molar-refractivity contribution in [3.05, 3.63) is 29.3 Å². The highest BCUT2D eigenvalue weighted by Crippen LogP contribution is 2.31. The number of aryl methyl sites for hydroxylation is 1. The van der Waals surface area contributed by atoms with Gasteiger partial charge in [0.05, 0.1) is 0 Å². The van der Waals surface area contributed by atoms with E-state index < -0.39 is 0 Å². The molecule has 2 rings (SSSR count). The summed E-state index contributed by atoms with van der Waals surface area (Å²) in [5.41, 5.74) is 2.64. The van der Waals surface area contributed by atoms with Crippen molar-refractivity contribution in [2.45, 2.75) is 31.7 Å². The third-order valence-electron chi connectivity index (χ3n) is 3.52. The van der Waals surface area contributed by atoms with E-state index in [-0.39, 0.29) is 0 Å². The molecule has 4 heteroatoms. The van der Waals surface area contributed by atoms with Crippen LogP contribution in [-0.4, -0.2) is 34.9 Å². The minimum Gasteiger partial charge on any atom is -0.508 e. The molecule has 0 bridgehead atoms. The van der Waals surface area contributed by atoms with E-state index in [0.717, 1.165) is 30.9 Å². The van der Waals surface area contributed by atoms with Crippen LogP contribution in [0.5, 0.6) is 5.75 Å². The first-order valence-corrected chi connectivity index (χ1v) is 8.20. The Bertz CT molecular complexity index is 398. The number of aliphatic hydroxyl groups is 1. The van der Waals surface area contributed by atoms with Crippen molar-refractivity contribution in [2.75, 3.05) is 24.7 Å². The Morgan fingerprint density at radius 2 is 2.21 bits per heavy atom. The lowest BCUT2D eigenvalue weighted by molar-refractivity contribution is 0.296.